The van der Waals surface area contributed by atoms with E-state index in [-0.39, 0.29) is 0 Å². The van der Waals surface area contributed by atoms with E-state index in [2.05, 4.69) is 20.2 Å². The molecule has 1 saturated heterocycles. The molecule has 0 bridgehead atoms. The maximum atomic E-state index is 5.82. The Morgan fingerprint density at radius 2 is 2.21 bits per heavy atom. The average molecular weight is 378 g/mol. The molecule has 0 aliphatic carbocycles. The number of imidazole rings is 1. The fourth-order valence-corrected chi connectivity index (χ4v) is 3.85. The van der Waals surface area contributed by atoms with Crippen LogP contribution in [0, 0.1) is 6.92 Å². The van der Waals surface area contributed by atoms with Gasteiger partial charge < -0.3 is 24.3 Å². The highest BCUT2D eigenvalue weighted by Crippen LogP contribution is 2.37. The Labute approximate surface area is 163 Å². The Balaban J connectivity index is 1.43. The average Bonchev–Trinajstić information content (AvgIpc) is 3.37. The summed E-state index contributed by atoms with van der Waals surface area (Å²) < 4.78 is 13.3. The number of fused-ring (bicyclic) bond motifs is 3. The minimum Gasteiger partial charge on any atom is -0.494 e. The lowest BCUT2D eigenvalue weighted by molar-refractivity contribution is 0.268. The van der Waals surface area contributed by atoms with Gasteiger partial charge in [-0.1, -0.05) is 0 Å². The van der Waals surface area contributed by atoms with Gasteiger partial charge in [0.05, 0.1) is 37.1 Å². The van der Waals surface area contributed by atoms with Crippen molar-refractivity contribution >= 4 is 17.5 Å². The second kappa shape index (κ2) is 6.70. The fourth-order valence-electron chi connectivity index (χ4n) is 3.85. The van der Waals surface area contributed by atoms with E-state index >= 15 is 0 Å². The van der Waals surface area contributed by atoms with Crippen molar-refractivity contribution in [2.24, 2.45) is 0 Å². The lowest BCUT2D eigenvalue weighted by Gasteiger charge is -2.32. The van der Waals surface area contributed by atoms with Crippen molar-refractivity contribution in [2.75, 3.05) is 30.5 Å². The van der Waals surface area contributed by atoms with Crippen LogP contribution >= 0.6 is 0 Å². The Kier molecular flexibility index (Phi) is 4.03. The third kappa shape index (κ3) is 2.90. The molecule has 28 heavy (non-hydrogen) atoms. The number of methoxy groups -OCH3 is 1. The summed E-state index contributed by atoms with van der Waals surface area (Å²) >= 11 is 0. The van der Waals surface area contributed by atoms with Crippen LogP contribution in [0.4, 0.5) is 17.5 Å². The molecule has 1 unspecified atom stereocenters. The molecule has 0 saturated carbocycles. The molecule has 8 heteroatoms. The van der Waals surface area contributed by atoms with Crippen LogP contribution < -0.4 is 19.7 Å². The van der Waals surface area contributed by atoms with Gasteiger partial charge >= 0.3 is 0 Å². The first-order chi connectivity index (χ1) is 13.7. The topological polar surface area (TPSA) is 77.3 Å². The summed E-state index contributed by atoms with van der Waals surface area (Å²) in [4.78, 5) is 15.7. The number of benzene rings is 1. The lowest BCUT2D eigenvalue weighted by atomic mass is 10.2. The SMILES string of the molecule is COc1cc(Nc2ncc3c(n2)N2CCCC2CO3)ccc1-n1cnc(C)c1. The van der Waals surface area contributed by atoms with Gasteiger partial charge in [0.1, 0.15) is 12.4 Å². The molecule has 3 aromatic rings. The molecule has 8 nitrogen and oxygen atoms in total. The molecule has 2 aromatic heterocycles. The Morgan fingerprint density at radius 1 is 1.29 bits per heavy atom. The van der Waals surface area contributed by atoms with E-state index in [4.69, 9.17) is 14.5 Å². The zero-order valence-electron chi connectivity index (χ0n) is 15.9. The van der Waals surface area contributed by atoms with Gasteiger partial charge in [-0.15, -0.1) is 0 Å². The van der Waals surface area contributed by atoms with Crippen molar-refractivity contribution in [1.82, 2.24) is 19.5 Å². The standard InChI is InChI=1S/C20H22N6O2/c1-13-10-25(12-22-13)16-6-5-14(8-17(16)27-2)23-20-21-9-18-19(24-20)26-7-3-4-15(26)11-28-18/h5-6,8-10,12,15H,3-4,7,11H2,1-2H3,(H,21,23,24). The quantitative estimate of drug-likeness (QED) is 0.747. The van der Waals surface area contributed by atoms with E-state index < -0.39 is 0 Å². The third-order valence-corrected chi connectivity index (χ3v) is 5.24. The number of nitrogens with one attached hydrogen (secondary N) is 1. The predicted molar refractivity (Wildman–Crippen MR) is 106 cm³/mol. The van der Waals surface area contributed by atoms with Crippen molar-refractivity contribution in [3.05, 3.63) is 42.6 Å². The summed E-state index contributed by atoms with van der Waals surface area (Å²) in [5.41, 5.74) is 2.73. The molecule has 1 aromatic carbocycles. The number of hydrogen-bond donors (Lipinski definition) is 1. The van der Waals surface area contributed by atoms with Crippen LogP contribution in [0.25, 0.3) is 5.69 Å². The highest BCUT2D eigenvalue weighted by Gasteiger charge is 2.33. The highest BCUT2D eigenvalue weighted by molar-refractivity contribution is 5.64. The van der Waals surface area contributed by atoms with E-state index in [1.165, 1.54) is 6.42 Å². The van der Waals surface area contributed by atoms with Crippen molar-refractivity contribution < 1.29 is 9.47 Å². The predicted octanol–water partition coefficient (Wildman–Crippen LogP) is 3.08. The largest absolute Gasteiger partial charge is 0.494 e. The molecule has 1 N–H and O–H groups in total. The molecule has 0 amide bonds. The molecule has 4 heterocycles. The number of hydrogen-bond acceptors (Lipinski definition) is 7. The Morgan fingerprint density at radius 3 is 3.04 bits per heavy atom. The third-order valence-electron chi connectivity index (χ3n) is 5.24. The highest BCUT2D eigenvalue weighted by atomic mass is 16.5. The summed E-state index contributed by atoms with van der Waals surface area (Å²) in [5, 5.41) is 3.28. The maximum Gasteiger partial charge on any atom is 0.229 e. The number of anilines is 3. The summed E-state index contributed by atoms with van der Waals surface area (Å²) in [5.74, 6) is 2.92. The van der Waals surface area contributed by atoms with E-state index in [9.17, 15) is 0 Å². The van der Waals surface area contributed by atoms with Crippen LogP contribution in [0.5, 0.6) is 11.5 Å². The number of aromatic nitrogens is 4. The van der Waals surface area contributed by atoms with Crippen LogP contribution in [-0.4, -0.2) is 45.8 Å². The lowest BCUT2D eigenvalue weighted by Crippen LogP contribution is -2.38. The minimum atomic E-state index is 0.424. The summed E-state index contributed by atoms with van der Waals surface area (Å²) in [6.45, 7) is 3.70. The molecule has 144 valence electrons. The van der Waals surface area contributed by atoms with Crippen molar-refractivity contribution in [1.29, 1.82) is 0 Å². The van der Waals surface area contributed by atoms with E-state index in [0.717, 1.165) is 54.0 Å². The molecule has 0 spiro atoms. The fraction of sp³-hybridized carbons (Fsp3) is 0.350. The summed E-state index contributed by atoms with van der Waals surface area (Å²) in [6.07, 6.45) is 7.81. The number of nitrogens with zero attached hydrogens (tertiary/aromatic N) is 5. The van der Waals surface area contributed by atoms with Crippen molar-refractivity contribution in [2.45, 2.75) is 25.8 Å². The monoisotopic (exact) mass is 378 g/mol. The first-order valence-corrected chi connectivity index (χ1v) is 9.44. The van der Waals surface area contributed by atoms with Crippen molar-refractivity contribution in [3.63, 3.8) is 0 Å². The van der Waals surface area contributed by atoms with Gasteiger partial charge in [-0.3, -0.25) is 0 Å². The van der Waals surface area contributed by atoms with Gasteiger partial charge in [0, 0.05) is 24.5 Å². The second-order valence-electron chi connectivity index (χ2n) is 7.12. The first-order valence-electron chi connectivity index (χ1n) is 9.44. The van der Waals surface area contributed by atoms with Crippen LogP contribution in [0.3, 0.4) is 0 Å². The van der Waals surface area contributed by atoms with E-state index in [1.54, 1.807) is 19.6 Å². The summed E-state index contributed by atoms with van der Waals surface area (Å²) in [7, 11) is 1.66. The maximum absolute atomic E-state index is 5.82. The van der Waals surface area contributed by atoms with Crippen molar-refractivity contribution in [3.8, 4) is 17.2 Å². The van der Waals surface area contributed by atoms with Gasteiger partial charge in [0.2, 0.25) is 5.95 Å². The summed E-state index contributed by atoms with van der Waals surface area (Å²) in [6, 6.07) is 6.32. The van der Waals surface area contributed by atoms with Gasteiger partial charge in [-0.05, 0) is 31.9 Å². The normalized spacial score (nSPS) is 17.6. The zero-order chi connectivity index (χ0) is 19.1. The van der Waals surface area contributed by atoms with Gasteiger partial charge in [-0.25, -0.2) is 9.97 Å². The number of ether oxygens (including phenoxy) is 2. The van der Waals surface area contributed by atoms with Gasteiger partial charge in [-0.2, -0.15) is 4.98 Å². The van der Waals surface area contributed by atoms with Gasteiger partial charge in [0.25, 0.3) is 0 Å². The van der Waals surface area contributed by atoms with Crippen LogP contribution in [-0.2, 0) is 0 Å². The molecule has 0 radical (unpaired) electrons. The molecule has 5 rings (SSSR count). The zero-order valence-corrected chi connectivity index (χ0v) is 15.9. The Bertz CT molecular complexity index is 1020. The Hall–Kier alpha value is -3.29. The van der Waals surface area contributed by atoms with Crippen LogP contribution in [0.15, 0.2) is 36.9 Å². The van der Waals surface area contributed by atoms with Gasteiger partial charge in [0.15, 0.2) is 11.6 Å². The smallest absolute Gasteiger partial charge is 0.229 e. The molecular weight excluding hydrogens is 356 g/mol. The molecule has 2 aliphatic heterocycles. The molecular formula is C20H22N6O2. The second-order valence-corrected chi connectivity index (χ2v) is 7.12. The van der Waals surface area contributed by atoms with E-state index in [1.807, 2.05) is 35.9 Å². The molecule has 2 aliphatic rings. The minimum absolute atomic E-state index is 0.424. The first kappa shape index (κ1) is 16.9. The molecule has 1 atom stereocenters. The number of rotatable bonds is 4. The van der Waals surface area contributed by atoms with Crippen LogP contribution in [0.1, 0.15) is 18.5 Å². The molecule has 1 fully saturated rings. The van der Waals surface area contributed by atoms with E-state index in [0.29, 0.717) is 12.0 Å². The van der Waals surface area contributed by atoms with Crippen LogP contribution in [0.2, 0.25) is 0 Å². The number of aryl methyl sites for hydroxylation is 1.